The molecule has 0 saturated carbocycles. The van der Waals surface area contributed by atoms with Crippen molar-refractivity contribution < 1.29 is 0 Å². The third-order valence-electron chi connectivity index (χ3n) is 8.65. The van der Waals surface area contributed by atoms with Crippen molar-refractivity contribution in [3.63, 3.8) is 0 Å². The second-order valence-corrected chi connectivity index (χ2v) is 11.4. The Bertz CT molecular complexity index is 2250. The fraction of sp³-hybridized carbons (Fsp3) is 0. The van der Waals surface area contributed by atoms with E-state index < -0.39 is 0 Å². The molecule has 0 N–H and O–H groups in total. The van der Waals surface area contributed by atoms with Gasteiger partial charge in [-0.2, -0.15) is 0 Å². The summed E-state index contributed by atoms with van der Waals surface area (Å²) in [6.07, 6.45) is 0. The molecule has 0 atom stereocenters. The first kappa shape index (κ1) is 26.7. The van der Waals surface area contributed by atoms with E-state index >= 15 is 0 Å². The van der Waals surface area contributed by atoms with Crippen LogP contribution >= 0.6 is 0 Å². The van der Waals surface area contributed by atoms with Gasteiger partial charge in [-0.1, -0.05) is 158 Å². The second kappa shape index (κ2) is 11.6. The van der Waals surface area contributed by atoms with E-state index in [0.717, 1.165) is 17.1 Å². The smallest absolute Gasteiger partial charge is 0.0540 e. The molecule has 0 bridgehead atoms. The summed E-state index contributed by atoms with van der Waals surface area (Å²) in [5, 5.41) is 4.95. The van der Waals surface area contributed by atoms with Gasteiger partial charge in [0.2, 0.25) is 0 Å². The first-order valence-corrected chi connectivity index (χ1v) is 15.4. The highest BCUT2D eigenvalue weighted by Crippen LogP contribution is 2.43. The summed E-state index contributed by atoms with van der Waals surface area (Å²) in [6, 6.07) is 67.7. The summed E-state index contributed by atoms with van der Waals surface area (Å²) < 4.78 is 0. The third kappa shape index (κ3) is 5.05. The number of para-hydroxylation sites is 1. The van der Waals surface area contributed by atoms with Crippen molar-refractivity contribution in [1.82, 2.24) is 0 Å². The summed E-state index contributed by atoms with van der Waals surface area (Å²) in [7, 11) is 0. The lowest BCUT2D eigenvalue weighted by Crippen LogP contribution is -2.11. The SMILES string of the molecule is c1ccc(-c2ccccc2N(c2ccc(-c3c(-c4ccccc4)ccc4ccccc34)cc2)c2ccc3ccccc3c2)cc1. The van der Waals surface area contributed by atoms with Gasteiger partial charge in [0, 0.05) is 16.9 Å². The van der Waals surface area contributed by atoms with Crippen LogP contribution in [0.15, 0.2) is 188 Å². The molecule has 8 aromatic carbocycles. The molecule has 0 fully saturated rings. The highest BCUT2D eigenvalue weighted by molar-refractivity contribution is 6.04. The van der Waals surface area contributed by atoms with Gasteiger partial charge in [-0.3, -0.25) is 0 Å². The van der Waals surface area contributed by atoms with Crippen molar-refractivity contribution in [2.45, 2.75) is 0 Å². The molecule has 8 aromatic rings. The molecule has 212 valence electrons. The normalized spacial score (nSPS) is 11.1. The first-order chi connectivity index (χ1) is 22.3. The molecule has 0 aliphatic carbocycles. The predicted molar refractivity (Wildman–Crippen MR) is 192 cm³/mol. The Labute approximate surface area is 264 Å². The van der Waals surface area contributed by atoms with Crippen LogP contribution in [0.4, 0.5) is 17.1 Å². The van der Waals surface area contributed by atoms with Crippen molar-refractivity contribution >= 4 is 38.6 Å². The highest BCUT2D eigenvalue weighted by atomic mass is 15.1. The van der Waals surface area contributed by atoms with Crippen LogP contribution in [0.5, 0.6) is 0 Å². The van der Waals surface area contributed by atoms with E-state index in [0.29, 0.717) is 0 Å². The molecule has 1 nitrogen and oxygen atoms in total. The lowest BCUT2D eigenvalue weighted by molar-refractivity contribution is 1.29. The van der Waals surface area contributed by atoms with Crippen LogP contribution in [0.25, 0.3) is 54.9 Å². The minimum absolute atomic E-state index is 1.11. The van der Waals surface area contributed by atoms with Gasteiger partial charge in [-0.05, 0) is 79.7 Å². The van der Waals surface area contributed by atoms with Crippen LogP contribution < -0.4 is 4.90 Å². The van der Waals surface area contributed by atoms with E-state index in [2.05, 4.69) is 193 Å². The monoisotopic (exact) mass is 573 g/mol. The maximum absolute atomic E-state index is 2.39. The molecule has 0 aromatic heterocycles. The molecule has 0 unspecified atom stereocenters. The van der Waals surface area contributed by atoms with Gasteiger partial charge in [0.1, 0.15) is 0 Å². The minimum atomic E-state index is 1.11. The Kier molecular flexibility index (Phi) is 6.90. The standard InChI is InChI=1S/C44H31N/c1-3-14-33(15-4-1)40-20-11-12-22-43(40)45(39-29-23-32-13-7-8-19-37(32)31-39)38-27-24-36(25-28-38)44-41-21-10-9-18-35(41)26-30-42(44)34-16-5-2-6-17-34/h1-31H. The number of rotatable bonds is 6. The van der Waals surface area contributed by atoms with E-state index in [1.54, 1.807) is 0 Å². The van der Waals surface area contributed by atoms with Gasteiger partial charge in [0.05, 0.1) is 5.69 Å². The summed E-state index contributed by atoms with van der Waals surface area (Å²) in [5.74, 6) is 0. The van der Waals surface area contributed by atoms with E-state index in [1.807, 2.05) is 0 Å². The van der Waals surface area contributed by atoms with Crippen molar-refractivity contribution in [3.8, 4) is 33.4 Å². The zero-order valence-electron chi connectivity index (χ0n) is 24.8. The fourth-order valence-electron chi connectivity index (χ4n) is 6.49. The van der Waals surface area contributed by atoms with Gasteiger partial charge < -0.3 is 4.90 Å². The number of hydrogen-bond donors (Lipinski definition) is 0. The Morgan fingerprint density at radius 3 is 1.62 bits per heavy atom. The molecular formula is C44H31N. The molecule has 0 amide bonds. The highest BCUT2D eigenvalue weighted by Gasteiger charge is 2.18. The van der Waals surface area contributed by atoms with Crippen LogP contribution in [0, 0.1) is 0 Å². The largest absolute Gasteiger partial charge is 0.310 e. The molecule has 0 aliphatic heterocycles. The molecule has 1 heteroatoms. The fourth-order valence-corrected chi connectivity index (χ4v) is 6.49. The molecule has 0 aliphatic rings. The zero-order valence-corrected chi connectivity index (χ0v) is 24.8. The number of hydrogen-bond acceptors (Lipinski definition) is 1. The molecule has 0 spiro atoms. The van der Waals surface area contributed by atoms with Crippen molar-refractivity contribution in [3.05, 3.63) is 188 Å². The molecule has 0 heterocycles. The minimum Gasteiger partial charge on any atom is -0.310 e. The van der Waals surface area contributed by atoms with Crippen molar-refractivity contribution in [1.29, 1.82) is 0 Å². The number of benzene rings is 8. The molecule has 0 radical (unpaired) electrons. The molecule has 0 saturated heterocycles. The summed E-state index contributed by atoms with van der Waals surface area (Å²) in [6.45, 7) is 0. The van der Waals surface area contributed by atoms with Crippen LogP contribution in [0.2, 0.25) is 0 Å². The Morgan fingerprint density at radius 1 is 0.311 bits per heavy atom. The number of fused-ring (bicyclic) bond motifs is 2. The van der Waals surface area contributed by atoms with E-state index in [9.17, 15) is 0 Å². The first-order valence-electron chi connectivity index (χ1n) is 15.4. The quantitative estimate of drug-likeness (QED) is 0.191. The summed E-state index contributed by atoms with van der Waals surface area (Å²) in [4.78, 5) is 2.39. The average molecular weight is 574 g/mol. The average Bonchev–Trinajstić information content (AvgIpc) is 3.12. The van der Waals surface area contributed by atoms with E-state index in [4.69, 9.17) is 0 Å². The molecule has 8 rings (SSSR count). The van der Waals surface area contributed by atoms with Crippen LogP contribution in [-0.4, -0.2) is 0 Å². The third-order valence-corrected chi connectivity index (χ3v) is 8.65. The Hall–Kier alpha value is -5.92. The predicted octanol–water partition coefficient (Wildman–Crippen LogP) is 12.5. The Balaban J connectivity index is 1.31. The van der Waals surface area contributed by atoms with Crippen molar-refractivity contribution in [2.75, 3.05) is 4.90 Å². The Morgan fingerprint density at radius 2 is 0.867 bits per heavy atom. The van der Waals surface area contributed by atoms with Crippen LogP contribution in [0.3, 0.4) is 0 Å². The topological polar surface area (TPSA) is 3.24 Å². The van der Waals surface area contributed by atoms with E-state index in [-0.39, 0.29) is 0 Å². The van der Waals surface area contributed by atoms with E-state index in [1.165, 1.54) is 54.9 Å². The van der Waals surface area contributed by atoms with Gasteiger partial charge in [0.15, 0.2) is 0 Å². The van der Waals surface area contributed by atoms with Gasteiger partial charge in [-0.25, -0.2) is 0 Å². The maximum atomic E-state index is 2.39. The summed E-state index contributed by atoms with van der Waals surface area (Å²) >= 11 is 0. The summed E-state index contributed by atoms with van der Waals surface area (Å²) in [5.41, 5.74) is 10.7. The number of anilines is 3. The van der Waals surface area contributed by atoms with Gasteiger partial charge in [-0.15, -0.1) is 0 Å². The number of nitrogens with zero attached hydrogens (tertiary/aromatic N) is 1. The maximum Gasteiger partial charge on any atom is 0.0540 e. The zero-order chi connectivity index (χ0) is 30.0. The van der Waals surface area contributed by atoms with Gasteiger partial charge >= 0.3 is 0 Å². The van der Waals surface area contributed by atoms with Crippen LogP contribution in [0.1, 0.15) is 0 Å². The van der Waals surface area contributed by atoms with Crippen molar-refractivity contribution in [2.24, 2.45) is 0 Å². The lowest BCUT2D eigenvalue weighted by atomic mass is 9.89. The molecular weight excluding hydrogens is 542 g/mol. The van der Waals surface area contributed by atoms with Gasteiger partial charge in [0.25, 0.3) is 0 Å². The molecule has 45 heavy (non-hydrogen) atoms. The van der Waals surface area contributed by atoms with Crippen LogP contribution in [-0.2, 0) is 0 Å². The lowest BCUT2D eigenvalue weighted by Gasteiger charge is -2.28. The second-order valence-electron chi connectivity index (χ2n) is 11.4.